The van der Waals surface area contributed by atoms with Gasteiger partial charge in [0, 0.05) is 4.88 Å². The van der Waals surface area contributed by atoms with Crippen molar-refractivity contribution < 1.29 is 14.7 Å². The number of aryl methyl sites for hydroxylation is 1. The first-order valence-corrected chi connectivity index (χ1v) is 8.24. The molecule has 3 N–H and O–H groups in total. The third-order valence-electron chi connectivity index (χ3n) is 4.10. The van der Waals surface area contributed by atoms with Crippen molar-refractivity contribution in [1.82, 2.24) is 10.6 Å². The summed E-state index contributed by atoms with van der Waals surface area (Å²) in [5.41, 5.74) is 0.0353. The molecule has 0 bridgehead atoms. The third-order valence-corrected chi connectivity index (χ3v) is 5.12. The number of hydrogen-bond acceptors (Lipinski definition) is 3. The Kier molecular flexibility index (Phi) is 5.22. The van der Waals surface area contributed by atoms with Crippen LogP contribution in [0.4, 0.5) is 4.79 Å². The molecule has 1 aromatic heterocycles. The molecule has 2 amide bonds. The maximum Gasteiger partial charge on any atom is 0.329 e. The molecular weight excluding hydrogens is 288 g/mol. The first-order valence-electron chi connectivity index (χ1n) is 7.36. The van der Waals surface area contributed by atoms with Crippen LogP contribution in [0, 0.1) is 6.92 Å². The second-order valence-electron chi connectivity index (χ2n) is 5.64. The van der Waals surface area contributed by atoms with Crippen molar-refractivity contribution in [2.24, 2.45) is 0 Å². The molecule has 0 aromatic carbocycles. The molecule has 1 aromatic rings. The van der Waals surface area contributed by atoms with Crippen LogP contribution in [0.15, 0.2) is 11.4 Å². The van der Waals surface area contributed by atoms with E-state index in [4.69, 9.17) is 0 Å². The molecular formula is C15H22N2O3S. The predicted octanol–water partition coefficient (Wildman–Crippen LogP) is 3.03. The summed E-state index contributed by atoms with van der Waals surface area (Å²) < 4.78 is 0. The maximum atomic E-state index is 12.1. The zero-order valence-electron chi connectivity index (χ0n) is 12.3. The normalized spacial score (nSPS) is 17.8. The van der Waals surface area contributed by atoms with Crippen molar-refractivity contribution in [2.45, 2.75) is 57.5 Å². The summed E-state index contributed by atoms with van der Waals surface area (Å²) in [5, 5.41) is 17.0. The van der Waals surface area contributed by atoms with Crippen molar-refractivity contribution in [1.29, 1.82) is 0 Å². The van der Waals surface area contributed by atoms with Crippen molar-refractivity contribution in [3.05, 3.63) is 21.9 Å². The van der Waals surface area contributed by atoms with Crippen LogP contribution >= 0.6 is 11.3 Å². The van der Waals surface area contributed by atoms with E-state index in [9.17, 15) is 14.7 Å². The molecule has 1 aliphatic carbocycles. The predicted molar refractivity (Wildman–Crippen MR) is 82.5 cm³/mol. The molecule has 1 heterocycles. The van der Waals surface area contributed by atoms with Gasteiger partial charge in [0.1, 0.15) is 5.54 Å². The monoisotopic (exact) mass is 310 g/mol. The Morgan fingerprint density at radius 3 is 2.48 bits per heavy atom. The number of carboxylic acid groups (broad SMARTS) is 1. The Morgan fingerprint density at radius 1 is 1.29 bits per heavy atom. The Hall–Kier alpha value is -1.56. The quantitative estimate of drug-likeness (QED) is 0.748. The molecule has 1 fully saturated rings. The molecule has 5 nitrogen and oxygen atoms in total. The summed E-state index contributed by atoms with van der Waals surface area (Å²) >= 11 is 1.59. The highest BCUT2D eigenvalue weighted by Crippen LogP contribution is 2.27. The minimum atomic E-state index is -1.11. The second kappa shape index (κ2) is 6.93. The van der Waals surface area contributed by atoms with E-state index in [0.29, 0.717) is 19.4 Å². The number of nitrogens with one attached hydrogen (secondary N) is 2. The number of amides is 2. The summed E-state index contributed by atoms with van der Waals surface area (Å²) in [6, 6.07) is 1.61. The summed E-state index contributed by atoms with van der Waals surface area (Å²) in [5.74, 6) is -0.924. The number of rotatable bonds is 4. The van der Waals surface area contributed by atoms with Crippen LogP contribution in [0.25, 0.3) is 0 Å². The Labute approximate surface area is 128 Å². The first kappa shape index (κ1) is 15.8. The lowest BCUT2D eigenvalue weighted by Gasteiger charge is -2.29. The zero-order valence-corrected chi connectivity index (χ0v) is 13.1. The summed E-state index contributed by atoms with van der Waals surface area (Å²) in [7, 11) is 0. The third kappa shape index (κ3) is 3.97. The van der Waals surface area contributed by atoms with Crippen LogP contribution < -0.4 is 10.6 Å². The van der Waals surface area contributed by atoms with Gasteiger partial charge in [-0.25, -0.2) is 9.59 Å². The minimum Gasteiger partial charge on any atom is -0.480 e. The largest absolute Gasteiger partial charge is 0.480 e. The van der Waals surface area contributed by atoms with E-state index in [1.54, 1.807) is 11.3 Å². The number of urea groups is 1. The lowest BCUT2D eigenvalue weighted by atomic mass is 9.90. The fourth-order valence-corrected chi connectivity index (χ4v) is 3.58. The van der Waals surface area contributed by atoms with Gasteiger partial charge in [0.2, 0.25) is 0 Å². The van der Waals surface area contributed by atoms with Gasteiger partial charge in [-0.2, -0.15) is 0 Å². The van der Waals surface area contributed by atoms with Gasteiger partial charge in [-0.3, -0.25) is 0 Å². The average molecular weight is 310 g/mol. The molecule has 21 heavy (non-hydrogen) atoms. The topological polar surface area (TPSA) is 78.4 Å². The van der Waals surface area contributed by atoms with Gasteiger partial charge >= 0.3 is 12.0 Å². The molecule has 0 aliphatic heterocycles. The molecule has 1 saturated carbocycles. The molecule has 116 valence electrons. The average Bonchev–Trinajstić information content (AvgIpc) is 2.70. The van der Waals surface area contributed by atoms with Crippen molar-refractivity contribution >= 4 is 23.3 Å². The van der Waals surface area contributed by atoms with Gasteiger partial charge in [0.15, 0.2) is 0 Å². The number of hydrogen-bond donors (Lipinski definition) is 3. The van der Waals surface area contributed by atoms with Gasteiger partial charge in [-0.05, 0) is 36.8 Å². The van der Waals surface area contributed by atoms with Gasteiger partial charge in [0.25, 0.3) is 0 Å². The molecule has 1 aliphatic rings. The lowest BCUT2D eigenvalue weighted by molar-refractivity contribution is -0.145. The summed E-state index contributed by atoms with van der Waals surface area (Å²) in [6.45, 7) is 2.43. The Balaban J connectivity index is 1.95. The molecule has 0 spiro atoms. The van der Waals surface area contributed by atoms with E-state index < -0.39 is 17.5 Å². The number of carboxylic acids is 1. The van der Waals surface area contributed by atoms with Gasteiger partial charge in [-0.1, -0.05) is 25.7 Å². The number of carbonyl (C=O) groups excluding carboxylic acids is 1. The van der Waals surface area contributed by atoms with Crippen LogP contribution in [0.2, 0.25) is 0 Å². The molecule has 2 rings (SSSR count). The molecule has 6 heteroatoms. The fraction of sp³-hybridized carbons (Fsp3) is 0.600. The van der Waals surface area contributed by atoms with Crippen molar-refractivity contribution in [3.8, 4) is 0 Å². The van der Waals surface area contributed by atoms with E-state index in [1.165, 1.54) is 0 Å². The van der Waals surface area contributed by atoms with E-state index in [1.807, 2.05) is 18.4 Å². The van der Waals surface area contributed by atoms with Gasteiger partial charge < -0.3 is 15.7 Å². The molecule has 0 radical (unpaired) electrons. The summed E-state index contributed by atoms with van der Waals surface area (Å²) in [4.78, 5) is 24.8. The molecule has 0 atom stereocenters. The number of carbonyl (C=O) groups is 2. The first-order chi connectivity index (χ1) is 10.0. The second-order valence-corrected chi connectivity index (χ2v) is 6.64. The number of thiophene rings is 1. The van der Waals surface area contributed by atoms with E-state index in [2.05, 4.69) is 10.6 Å². The Bertz CT molecular complexity index is 505. The van der Waals surface area contributed by atoms with Crippen LogP contribution in [-0.2, 0) is 11.3 Å². The highest BCUT2D eigenvalue weighted by atomic mass is 32.1. The SMILES string of the molecule is Cc1ccsc1CNC(=O)NC1(C(=O)O)CCCCCC1. The van der Waals surface area contributed by atoms with Crippen LogP contribution in [0.5, 0.6) is 0 Å². The smallest absolute Gasteiger partial charge is 0.329 e. The maximum absolute atomic E-state index is 12.1. The van der Waals surface area contributed by atoms with Crippen LogP contribution in [0.1, 0.15) is 49.0 Å². The molecule has 0 saturated heterocycles. The van der Waals surface area contributed by atoms with E-state index in [-0.39, 0.29) is 0 Å². The van der Waals surface area contributed by atoms with Gasteiger partial charge in [-0.15, -0.1) is 11.3 Å². The minimum absolute atomic E-state index is 0.396. The van der Waals surface area contributed by atoms with Gasteiger partial charge in [0.05, 0.1) is 6.54 Å². The van der Waals surface area contributed by atoms with Crippen LogP contribution in [-0.4, -0.2) is 22.6 Å². The van der Waals surface area contributed by atoms with E-state index in [0.717, 1.165) is 36.1 Å². The highest BCUT2D eigenvalue weighted by Gasteiger charge is 2.40. The molecule has 0 unspecified atom stereocenters. The lowest BCUT2D eigenvalue weighted by Crippen LogP contribution is -2.56. The zero-order chi connectivity index (χ0) is 15.3. The standard InChI is InChI=1S/C15H22N2O3S/c1-11-6-9-21-12(11)10-16-14(20)17-15(13(18)19)7-4-2-3-5-8-15/h6,9H,2-5,7-8,10H2,1H3,(H,18,19)(H2,16,17,20). The fourth-order valence-electron chi connectivity index (χ4n) is 2.73. The number of aliphatic carboxylic acids is 1. The highest BCUT2D eigenvalue weighted by molar-refractivity contribution is 7.10. The van der Waals surface area contributed by atoms with Crippen molar-refractivity contribution in [3.63, 3.8) is 0 Å². The van der Waals surface area contributed by atoms with Crippen molar-refractivity contribution in [2.75, 3.05) is 0 Å². The van der Waals surface area contributed by atoms with E-state index >= 15 is 0 Å². The summed E-state index contributed by atoms with van der Waals surface area (Å²) in [6.07, 6.45) is 4.77. The van der Waals surface area contributed by atoms with Crippen LogP contribution in [0.3, 0.4) is 0 Å². The Morgan fingerprint density at radius 2 is 1.95 bits per heavy atom.